The Morgan fingerprint density at radius 2 is 2.00 bits per heavy atom. The van der Waals surface area contributed by atoms with E-state index in [2.05, 4.69) is 10.2 Å². The quantitative estimate of drug-likeness (QED) is 0.256. The predicted molar refractivity (Wildman–Crippen MR) is 120 cm³/mol. The fourth-order valence-corrected chi connectivity index (χ4v) is 4.06. The third-order valence-corrected chi connectivity index (χ3v) is 6.03. The maximum absolute atomic E-state index is 13.9. The molecule has 3 aromatic rings. The summed E-state index contributed by atoms with van der Waals surface area (Å²) in [5, 5.41) is 7.86. The molecule has 3 rings (SSSR count). The van der Waals surface area contributed by atoms with Gasteiger partial charge in [-0.15, -0.1) is 10.2 Å². The normalized spacial score (nSPS) is 11.4. The summed E-state index contributed by atoms with van der Waals surface area (Å²) in [5.74, 6) is -1.85. The second-order valence-corrected chi connectivity index (χ2v) is 8.32. The number of alkyl halides is 3. The van der Waals surface area contributed by atoms with E-state index in [0.29, 0.717) is 12.7 Å². The van der Waals surface area contributed by atoms with E-state index in [1.165, 1.54) is 23.1 Å². The first kappa shape index (κ1) is 25.6. The Morgan fingerprint density at radius 3 is 2.68 bits per heavy atom. The Morgan fingerprint density at radius 1 is 1.24 bits per heavy atom. The molecule has 0 spiro atoms. The van der Waals surface area contributed by atoms with Crippen molar-refractivity contribution in [1.82, 2.24) is 10.2 Å². The minimum absolute atomic E-state index is 0.0643. The van der Waals surface area contributed by atoms with Crippen molar-refractivity contribution in [2.75, 3.05) is 18.1 Å². The lowest BCUT2D eigenvalue weighted by molar-refractivity contribution is -0.139. The highest BCUT2D eigenvalue weighted by atomic mass is 35.5. The van der Waals surface area contributed by atoms with Gasteiger partial charge in [0.15, 0.2) is 6.29 Å². The summed E-state index contributed by atoms with van der Waals surface area (Å²) >= 11 is 6.87. The molecule has 1 amide bonds. The number of amides is 1. The zero-order chi connectivity index (χ0) is 24.9. The minimum atomic E-state index is -4.74. The Labute approximate surface area is 201 Å². The number of halogens is 5. The number of ether oxygens (including phenoxy) is 1. The molecule has 12 heteroatoms. The molecule has 0 saturated heterocycles. The van der Waals surface area contributed by atoms with E-state index in [9.17, 15) is 27.2 Å². The minimum Gasteiger partial charge on any atom is -0.486 e. The second-order valence-electron chi connectivity index (χ2n) is 6.99. The largest absolute Gasteiger partial charge is 0.486 e. The molecule has 0 aliphatic heterocycles. The van der Waals surface area contributed by atoms with Crippen molar-refractivity contribution in [2.24, 2.45) is 0 Å². The van der Waals surface area contributed by atoms with Crippen molar-refractivity contribution in [3.63, 3.8) is 0 Å². The molecule has 1 aromatic heterocycles. The summed E-state index contributed by atoms with van der Waals surface area (Å²) in [6.07, 6.45) is -3.06. The zero-order valence-corrected chi connectivity index (χ0v) is 19.3. The molecule has 0 aliphatic carbocycles. The molecular formula is C22H18ClF4N3O3S. The van der Waals surface area contributed by atoms with Crippen LogP contribution >= 0.6 is 22.9 Å². The van der Waals surface area contributed by atoms with Crippen LogP contribution in [0.4, 0.5) is 22.7 Å². The van der Waals surface area contributed by atoms with Gasteiger partial charge < -0.3 is 4.74 Å². The molecule has 6 nitrogen and oxygen atoms in total. The van der Waals surface area contributed by atoms with Crippen molar-refractivity contribution in [3.8, 4) is 16.3 Å². The van der Waals surface area contributed by atoms with Gasteiger partial charge in [0, 0.05) is 12.1 Å². The maximum Gasteiger partial charge on any atom is 0.419 e. The number of anilines is 1. The van der Waals surface area contributed by atoms with Crippen LogP contribution in [-0.2, 0) is 11.0 Å². The average Bonchev–Trinajstić information content (AvgIpc) is 3.29. The molecule has 1 heterocycles. The van der Waals surface area contributed by atoms with Crippen LogP contribution in [0.25, 0.3) is 10.6 Å². The van der Waals surface area contributed by atoms with E-state index in [-0.39, 0.29) is 32.8 Å². The molecule has 0 bridgehead atoms. The molecule has 0 aliphatic rings. The van der Waals surface area contributed by atoms with Crippen LogP contribution in [0.5, 0.6) is 5.75 Å². The van der Waals surface area contributed by atoms with Crippen molar-refractivity contribution in [2.45, 2.75) is 25.9 Å². The molecular weight excluding hydrogens is 498 g/mol. The fourth-order valence-electron chi connectivity index (χ4n) is 2.99. The Balaban J connectivity index is 1.98. The molecule has 34 heavy (non-hydrogen) atoms. The van der Waals surface area contributed by atoms with Crippen molar-refractivity contribution < 1.29 is 31.9 Å². The number of aldehydes is 1. The van der Waals surface area contributed by atoms with Gasteiger partial charge in [-0.05, 0) is 36.8 Å². The van der Waals surface area contributed by atoms with Gasteiger partial charge in [0.25, 0.3) is 5.91 Å². The molecule has 2 aromatic carbocycles. The van der Waals surface area contributed by atoms with Gasteiger partial charge in [0.2, 0.25) is 5.13 Å². The topological polar surface area (TPSA) is 72.4 Å². The first-order valence-electron chi connectivity index (χ1n) is 10.0. The van der Waals surface area contributed by atoms with Crippen LogP contribution in [-0.4, -0.2) is 35.5 Å². The number of unbranched alkanes of at least 4 members (excludes halogenated alkanes) is 1. The lowest BCUT2D eigenvalue weighted by Gasteiger charge is -2.19. The van der Waals surface area contributed by atoms with E-state index in [1.807, 2.05) is 6.92 Å². The lowest BCUT2D eigenvalue weighted by Crippen LogP contribution is -2.32. The molecule has 0 unspecified atom stereocenters. The van der Waals surface area contributed by atoms with E-state index in [4.69, 9.17) is 16.3 Å². The van der Waals surface area contributed by atoms with Crippen LogP contribution < -0.4 is 9.64 Å². The van der Waals surface area contributed by atoms with Gasteiger partial charge in [0.1, 0.15) is 23.2 Å². The first-order valence-corrected chi connectivity index (χ1v) is 11.2. The predicted octanol–water partition coefficient (Wildman–Crippen LogP) is 6.04. The van der Waals surface area contributed by atoms with Gasteiger partial charge in [0.05, 0.1) is 16.1 Å². The highest BCUT2D eigenvalue weighted by molar-refractivity contribution is 7.18. The van der Waals surface area contributed by atoms with Crippen LogP contribution in [0.3, 0.4) is 0 Å². The number of nitrogens with zero attached hydrogens (tertiary/aromatic N) is 3. The molecule has 0 saturated carbocycles. The Bertz CT molecular complexity index is 1190. The number of hydrogen-bond acceptors (Lipinski definition) is 6. The van der Waals surface area contributed by atoms with Crippen LogP contribution in [0.15, 0.2) is 36.4 Å². The summed E-state index contributed by atoms with van der Waals surface area (Å²) in [5.41, 5.74) is -1.04. The second kappa shape index (κ2) is 10.9. The van der Waals surface area contributed by atoms with Crippen molar-refractivity contribution in [3.05, 3.63) is 58.4 Å². The zero-order valence-electron chi connectivity index (χ0n) is 17.7. The number of hydrogen-bond donors (Lipinski definition) is 0. The lowest BCUT2D eigenvalue weighted by atomic mass is 10.1. The molecule has 0 radical (unpaired) electrons. The van der Waals surface area contributed by atoms with Gasteiger partial charge in [-0.1, -0.05) is 42.3 Å². The highest BCUT2D eigenvalue weighted by Gasteiger charge is 2.35. The summed E-state index contributed by atoms with van der Waals surface area (Å²) in [7, 11) is 0. The average molecular weight is 516 g/mol. The summed E-state index contributed by atoms with van der Waals surface area (Å²) in [6.45, 7) is 1.61. The van der Waals surface area contributed by atoms with E-state index < -0.39 is 35.8 Å². The third kappa shape index (κ3) is 5.71. The van der Waals surface area contributed by atoms with E-state index >= 15 is 0 Å². The molecule has 0 N–H and O–H groups in total. The first-order chi connectivity index (χ1) is 16.2. The van der Waals surface area contributed by atoms with Crippen LogP contribution in [0.2, 0.25) is 5.02 Å². The molecule has 0 atom stereocenters. The molecule has 180 valence electrons. The number of carbonyl (C=O) groups is 2. The summed E-state index contributed by atoms with van der Waals surface area (Å²) in [4.78, 5) is 24.9. The maximum atomic E-state index is 13.9. The summed E-state index contributed by atoms with van der Waals surface area (Å²) < 4.78 is 59.3. The standard InChI is InChI=1S/C22H18ClF4N3O3S/c1-2-3-9-30(20(32)14-5-4-6-16(24)18(14)23)21-29-28-19(34-21)13-7-8-17(33-11-10-31)15(12-13)22(25,26)27/h4-8,10,12H,2-3,9,11H2,1H3. The van der Waals surface area contributed by atoms with Gasteiger partial charge in [-0.3, -0.25) is 14.5 Å². The number of aromatic nitrogens is 2. The van der Waals surface area contributed by atoms with Crippen molar-refractivity contribution >= 4 is 40.3 Å². The number of rotatable bonds is 9. The van der Waals surface area contributed by atoms with Crippen LogP contribution in [0.1, 0.15) is 35.7 Å². The SMILES string of the molecule is CCCCN(C(=O)c1cccc(F)c1Cl)c1nnc(-c2ccc(OCC=O)c(C(F)(F)F)c2)s1. The van der Waals surface area contributed by atoms with E-state index in [0.717, 1.165) is 36.0 Å². The van der Waals surface area contributed by atoms with Crippen molar-refractivity contribution in [1.29, 1.82) is 0 Å². The number of benzene rings is 2. The Kier molecular flexibility index (Phi) is 8.21. The monoisotopic (exact) mass is 515 g/mol. The van der Waals surface area contributed by atoms with E-state index in [1.54, 1.807) is 0 Å². The molecule has 0 fully saturated rings. The third-order valence-electron chi connectivity index (χ3n) is 4.65. The number of carbonyl (C=O) groups excluding carboxylic acids is 2. The van der Waals surface area contributed by atoms with Crippen LogP contribution in [0, 0.1) is 5.82 Å². The van der Waals surface area contributed by atoms with Gasteiger partial charge >= 0.3 is 6.18 Å². The Hall–Kier alpha value is -3.05. The fraction of sp³-hybridized carbons (Fsp3) is 0.273. The summed E-state index contributed by atoms with van der Waals surface area (Å²) in [6, 6.07) is 7.13. The smallest absolute Gasteiger partial charge is 0.419 e. The van der Waals surface area contributed by atoms with Gasteiger partial charge in [-0.2, -0.15) is 13.2 Å². The highest BCUT2D eigenvalue weighted by Crippen LogP contribution is 2.40. The van der Waals surface area contributed by atoms with Gasteiger partial charge in [-0.25, -0.2) is 4.39 Å².